The zero-order valence-corrected chi connectivity index (χ0v) is 3.43. The zero-order chi connectivity index (χ0) is 5.11. The minimum absolute atomic E-state index is 0.389. The van der Waals surface area contributed by atoms with E-state index in [0.717, 1.165) is 0 Å². The van der Waals surface area contributed by atoms with Crippen molar-refractivity contribution in [1.82, 2.24) is 5.48 Å². The Kier molecular flexibility index (Phi) is 0.966. The highest BCUT2D eigenvalue weighted by Gasteiger charge is 2.02. The zero-order valence-electron chi connectivity index (χ0n) is 3.43. The average molecular weight is 94.1 g/mol. The summed E-state index contributed by atoms with van der Waals surface area (Å²) < 4.78 is 0. The average Bonchev–Trinajstić information content (AvgIpc) is 2.14. The first kappa shape index (κ1) is 4.16. The van der Waals surface area contributed by atoms with Gasteiger partial charge in [0.1, 0.15) is 0 Å². The molecule has 0 aromatic rings. The number of hydrogen-bond donors (Lipinski definition) is 1. The van der Waals surface area contributed by atoms with Gasteiger partial charge in [-0.3, -0.25) is 10.3 Å². The Morgan fingerprint density at radius 2 is 2.86 bits per heavy atom. The van der Waals surface area contributed by atoms with E-state index in [9.17, 15) is 0 Å². The topological polar surface area (TPSA) is 45.0 Å². The predicted octanol–water partition coefficient (Wildman–Crippen LogP) is -0.0325. The van der Waals surface area contributed by atoms with Crippen LogP contribution in [-0.4, -0.2) is 0 Å². The number of nitrogens with zero attached hydrogens (tertiary/aromatic N) is 1. The van der Waals surface area contributed by atoms with E-state index in [2.05, 4.69) is 16.9 Å². The second kappa shape index (κ2) is 1.63. The van der Waals surface area contributed by atoms with Gasteiger partial charge in [0.05, 0.1) is 11.6 Å². The summed E-state index contributed by atoms with van der Waals surface area (Å²) in [6, 6.07) is 1.83. The molecular formula is C4H2N2O. The molecule has 0 spiro atoms. The van der Waals surface area contributed by atoms with Crippen LogP contribution in [0, 0.1) is 17.9 Å². The summed E-state index contributed by atoms with van der Waals surface area (Å²) in [4.78, 5) is 4.33. The van der Waals surface area contributed by atoms with Crippen molar-refractivity contribution in [3.63, 3.8) is 0 Å². The van der Waals surface area contributed by atoms with Crippen molar-refractivity contribution in [2.45, 2.75) is 0 Å². The quantitative estimate of drug-likeness (QED) is 0.458. The van der Waals surface area contributed by atoms with Gasteiger partial charge in [0.25, 0.3) is 0 Å². The van der Waals surface area contributed by atoms with Gasteiger partial charge in [0, 0.05) is 6.20 Å². The molecule has 0 atom stereocenters. The van der Waals surface area contributed by atoms with E-state index in [1.807, 2.05) is 6.07 Å². The summed E-state index contributed by atoms with van der Waals surface area (Å²) in [7, 11) is 0. The van der Waals surface area contributed by atoms with Crippen molar-refractivity contribution < 1.29 is 4.84 Å². The molecule has 34 valence electrons. The van der Waals surface area contributed by atoms with Crippen LogP contribution < -0.4 is 5.48 Å². The molecule has 1 aliphatic rings. The lowest BCUT2D eigenvalue weighted by molar-refractivity contribution is 0.162. The van der Waals surface area contributed by atoms with Crippen LogP contribution in [0.1, 0.15) is 0 Å². The Bertz CT molecular complexity index is 133. The number of nitriles is 1. The van der Waals surface area contributed by atoms with Gasteiger partial charge < -0.3 is 0 Å². The molecule has 1 aliphatic heterocycles. The smallest absolute Gasteiger partial charge is 0.212 e. The molecule has 0 aliphatic carbocycles. The van der Waals surface area contributed by atoms with Gasteiger partial charge in [0.2, 0.25) is 6.61 Å². The fourth-order valence-electron chi connectivity index (χ4n) is 0.257. The monoisotopic (exact) mass is 94.0 g/mol. The first-order valence-corrected chi connectivity index (χ1v) is 1.71. The largest absolute Gasteiger partial charge is 0.272 e. The highest BCUT2D eigenvalue weighted by atomic mass is 16.6. The first-order valence-electron chi connectivity index (χ1n) is 1.71. The third-order valence-corrected chi connectivity index (χ3v) is 0.544. The Balaban J connectivity index is 2.57. The maximum Gasteiger partial charge on any atom is 0.212 e. The van der Waals surface area contributed by atoms with Gasteiger partial charge >= 0.3 is 0 Å². The van der Waals surface area contributed by atoms with Crippen LogP contribution >= 0.6 is 0 Å². The summed E-state index contributed by atoms with van der Waals surface area (Å²) in [6.45, 7) is 2.30. The Labute approximate surface area is 41.1 Å². The fraction of sp³-hybridized carbons (Fsp3) is 0. The molecule has 0 aromatic carbocycles. The van der Waals surface area contributed by atoms with Crippen molar-refractivity contribution in [2.24, 2.45) is 0 Å². The molecule has 3 heteroatoms. The van der Waals surface area contributed by atoms with E-state index < -0.39 is 0 Å². The van der Waals surface area contributed by atoms with Crippen LogP contribution in [0.15, 0.2) is 11.8 Å². The minimum Gasteiger partial charge on any atom is -0.272 e. The maximum atomic E-state index is 8.07. The number of hydroxylamine groups is 1. The SMILES string of the molecule is N#CC1=CNO[C]1. The molecule has 0 aromatic heterocycles. The highest BCUT2D eigenvalue weighted by Crippen LogP contribution is 2.01. The molecular weight excluding hydrogens is 92.1 g/mol. The molecule has 0 unspecified atom stereocenters. The minimum atomic E-state index is 0.389. The molecule has 2 radical (unpaired) electrons. The van der Waals surface area contributed by atoms with Crippen molar-refractivity contribution in [2.75, 3.05) is 0 Å². The van der Waals surface area contributed by atoms with Crippen LogP contribution in [0.2, 0.25) is 0 Å². The van der Waals surface area contributed by atoms with E-state index in [4.69, 9.17) is 5.26 Å². The third kappa shape index (κ3) is 0.699. The molecule has 0 amide bonds. The lowest BCUT2D eigenvalue weighted by atomic mass is 10.4. The molecule has 0 bridgehead atoms. The van der Waals surface area contributed by atoms with Crippen molar-refractivity contribution in [3.05, 3.63) is 18.4 Å². The summed E-state index contributed by atoms with van der Waals surface area (Å²) in [5, 5.41) is 8.07. The lowest BCUT2D eigenvalue weighted by Gasteiger charge is -1.80. The van der Waals surface area contributed by atoms with Crippen LogP contribution in [0.25, 0.3) is 0 Å². The number of hydrogen-bond acceptors (Lipinski definition) is 3. The highest BCUT2D eigenvalue weighted by molar-refractivity contribution is 5.27. The van der Waals surface area contributed by atoms with Crippen molar-refractivity contribution in [1.29, 1.82) is 5.26 Å². The normalized spacial score (nSPS) is 17.3. The van der Waals surface area contributed by atoms with Gasteiger partial charge in [-0.05, 0) is 0 Å². The second-order valence-electron chi connectivity index (χ2n) is 0.992. The molecule has 0 fully saturated rings. The Hall–Kier alpha value is -1.01. The van der Waals surface area contributed by atoms with Crippen LogP contribution in [-0.2, 0) is 4.84 Å². The van der Waals surface area contributed by atoms with E-state index in [1.165, 1.54) is 6.20 Å². The van der Waals surface area contributed by atoms with Crippen molar-refractivity contribution in [3.8, 4) is 6.07 Å². The van der Waals surface area contributed by atoms with E-state index >= 15 is 0 Å². The maximum absolute atomic E-state index is 8.07. The predicted molar refractivity (Wildman–Crippen MR) is 21.2 cm³/mol. The fourth-order valence-corrected chi connectivity index (χ4v) is 0.257. The van der Waals surface area contributed by atoms with E-state index in [-0.39, 0.29) is 0 Å². The van der Waals surface area contributed by atoms with Crippen LogP contribution in [0.3, 0.4) is 0 Å². The molecule has 7 heavy (non-hydrogen) atoms. The third-order valence-electron chi connectivity index (χ3n) is 0.544. The molecule has 3 nitrogen and oxygen atoms in total. The Morgan fingerprint density at radius 3 is 3.14 bits per heavy atom. The standard InChI is InChI=1S/C4H2N2O/c5-1-4-2-6-7-3-4/h2,6H. The number of rotatable bonds is 0. The van der Waals surface area contributed by atoms with Crippen LogP contribution in [0.5, 0.6) is 0 Å². The van der Waals surface area contributed by atoms with Gasteiger partial charge in [0.15, 0.2) is 0 Å². The van der Waals surface area contributed by atoms with Crippen LogP contribution in [0.4, 0.5) is 0 Å². The molecule has 0 saturated heterocycles. The number of nitrogens with one attached hydrogen (secondary N) is 1. The summed E-state index contributed by atoms with van der Waals surface area (Å²) in [6.07, 6.45) is 1.43. The van der Waals surface area contributed by atoms with E-state index in [1.54, 1.807) is 0 Å². The summed E-state index contributed by atoms with van der Waals surface area (Å²) in [5.74, 6) is 0. The first-order chi connectivity index (χ1) is 3.43. The molecule has 1 rings (SSSR count). The van der Waals surface area contributed by atoms with Gasteiger partial charge in [-0.25, -0.2) is 0 Å². The molecule has 1 heterocycles. The summed E-state index contributed by atoms with van der Waals surface area (Å²) >= 11 is 0. The van der Waals surface area contributed by atoms with E-state index in [0.29, 0.717) is 5.57 Å². The van der Waals surface area contributed by atoms with Gasteiger partial charge in [-0.1, -0.05) is 0 Å². The van der Waals surface area contributed by atoms with Gasteiger partial charge in [-0.2, -0.15) is 5.26 Å². The Morgan fingerprint density at radius 1 is 2.00 bits per heavy atom. The lowest BCUT2D eigenvalue weighted by Crippen LogP contribution is -1.93. The van der Waals surface area contributed by atoms with Crippen molar-refractivity contribution >= 4 is 0 Å². The summed E-state index contributed by atoms with van der Waals surface area (Å²) in [5.41, 5.74) is 2.72. The second-order valence-corrected chi connectivity index (χ2v) is 0.992. The molecule has 0 saturated carbocycles. The van der Waals surface area contributed by atoms with Gasteiger partial charge in [-0.15, -0.1) is 0 Å². The molecule has 1 N–H and O–H groups in total.